The third-order valence-electron chi connectivity index (χ3n) is 2.80. The molecule has 0 N–H and O–H groups in total. The Bertz CT molecular complexity index is 345. The molecule has 15 heavy (non-hydrogen) atoms. The number of hydrogen-bond donors (Lipinski definition) is 0. The summed E-state index contributed by atoms with van der Waals surface area (Å²) in [5.74, 6) is -0.0696. The van der Waals surface area contributed by atoms with Gasteiger partial charge >= 0.3 is 0 Å². The fourth-order valence-electron chi connectivity index (χ4n) is 2.18. The van der Waals surface area contributed by atoms with Crippen LogP contribution in [-0.4, -0.2) is 0 Å². The van der Waals surface area contributed by atoms with E-state index in [4.69, 9.17) is 0 Å². The molecule has 1 heteroatoms. The van der Waals surface area contributed by atoms with Crippen molar-refractivity contribution in [1.82, 2.24) is 0 Å². The van der Waals surface area contributed by atoms with Crippen LogP contribution in [-0.2, 0) is 11.8 Å². The summed E-state index contributed by atoms with van der Waals surface area (Å²) in [5.41, 5.74) is 3.17. The summed E-state index contributed by atoms with van der Waals surface area (Å²) in [4.78, 5) is 0. The van der Waals surface area contributed by atoms with Gasteiger partial charge in [0.2, 0.25) is 0 Å². The molecule has 0 spiro atoms. The van der Waals surface area contributed by atoms with Crippen LogP contribution in [0.3, 0.4) is 0 Å². The third-order valence-corrected chi connectivity index (χ3v) is 2.80. The Balaban J connectivity index is 3.30. The lowest BCUT2D eigenvalue weighted by Crippen LogP contribution is -2.16. The fourth-order valence-corrected chi connectivity index (χ4v) is 2.18. The van der Waals surface area contributed by atoms with Crippen molar-refractivity contribution in [2.45, 2.75) is 52.9 Å². The van der Waals surface area contributed by atoms with Crippen LogP contribution in [0.1, 0.15) is 50.8 Å². The van der Waals surface area contributed by atoms with Gasteiger partial charge in [0.1, 0.15) is 5.82 Å². The largest absolute Gasteiger partial charge is 0.207 e. The molecule has 0 nitrogen and oxygen atoms in total. The molecule has 0 heterocycles. The predicted octanol–water partition coefficient (Wildman–Crippen LogP) is 4.38. The highest BCUT2D eigenvalue weighted by molar-refractivity contribution is 5.39. The van der Waals surface area contributed by atoms with Gasteiger partial charge in [-0.3, -0.25) is 0 Å². The predicted molar refractivity (Wildman–Crippen MR) is 63.8 cm³/mol. The molecule has 0 atom stereocenters. The van der Waals surface area contributed by atoms with Gasteiger partial charge < -0.3 is 0 Å². The van der Waals surface area contributed by atoms with E-state index in [-0.39, 0.29) is 11.2 Å². The monoisotopic (exact) mass is 208 g/mol. The molecule has 0 aliphatic heterocycles. The molecule has 84 valence electrons. The van der Waals surface area contributed by atoms with E-state index in [0.717, 1.165) is 24.0 Å². The van der Waals surface area contributed by atoms with E-state index in [9.17, 15) is 4.39 Å². The van der Waals surface area contributed by atoms with Crippen LogP contribution in [0.25, 0.3) is 0 Å². The van der Waals surface area contributed by atoms with Crippen LogP contribution in [0, 0.1) is 12.7 Å². The highest BCUT2D eigenvalue weighted by Gasteiger charge is 2.21. The minimum atomic E-state index is -0.113. The van der Waals surface area contributed by atoms with Crippen LogP contribution in [0.4, 0.5) is 4.39 Å². The molecule has 0 saturated carbocycles. The lowest BCUT2D eigenvalue weighted by atomic mass is 9.81. The van der Waals surface area contributed by atoms with Gasteiger partial charge in [0, 0.05) is 0 Å². The summed E-state index contributed by atoms with van der Waals surface area (Å²) >= 11 is 0. The Hall–Kier alpha value is -0.850. The van der Waals surface area contributed by atoms with E-state index in [0.29, 0.717) is 0 Å². The van der Waals surface area contributed by atoms with Crippen LogP contribution in [0.2, 0.25) is 0 Å². The van der Waals surface area contributed by atoms with Crippen molar-refractivity contribution in [2.24, 2.45) is 0 Å². The minimum absolute atomic E-state index is 0.0696. The second-order valence-corrected chi connectivity index (χ2v) is 5.21. The molecule has 0 amide bonds. The maximum atomic E-state index is 13.8. The Morgan fingerprint density at radius 3 is 2.27 bits per heavy atom. The first-order chi connectivity index (χ1) is 6.88. The minimum Gasteiger partial charge on any atom is -0.207 e. The molecule has 0 radical (unpaired) electrons. The number of halogens is 1. The fraction of sp³-hybridized carbons (Fsp3) is 0.571. The first-order valence-electron chi connectivity index (χ1n) is 5.66. The summed E-state index contributed by atoms with van der Waals surface area (Å²) in [7, 11) is 0. The van der Waals surface area contributed by atoms with E-state index >= 15 is 0 Å². The van der Waals surface area contributed by atoms with Crippen molar-refractivity contribution in [3.63, 3.8) is 0 Å². The Labute approximate surface area is 92.5 Å². The van der Waals surface area contributed by atoms with Crippen molar-refractivity contribution >= 4 is 0 Å². The normalized spacial score (nSPS) is 11.9. The van der Waals surface area contributed by atoms with Gasteiger partial charge in [-0.15, -0.1) is 0 Å². The first kappa shape index (κ1) is 12.2. The quantitative estimate of drug-likeness (QED) is 0.676. The molecule has 0 aliphatic rings. The van der Waals surface area contributed by atoms with Crippen LogP contribution in [0.5, 0.6) is 0 Å². The second kappa shape index (κ2) is 4.34. The highest BCUT2D eigenvalue weighted by atomic mass is 19.1. The summed E-state index contributed by atoms with van der Waals surface area (Å²) in [6.45, 7) is 10.4. The van der Waals surface area contributed by atoms with Gasteiger partial charge in [-0.25, -0.2) is 4.39 Å². The Kier molecular flexibility index (Phi) is 3.54. The smallest absolute Gasteiger partial charge is 0.127 e. The first-order valence-corrected chi connectivity index (χ1v) is 5.66. The maximum Gasteiger partial charge on any atom is 0.127 e. The summed E-state index contributed by atoms with van der Waals surface area (Å²) in [6.07, 6.45) is 2.14. The van der Waals surface area contributed by atoms with E-state index in [1.807, 2.05) is 13.0 Å². The standard InChI is InChI=1S/C14H21F/c1-6-7-11-8-9-12(15)13(10(11)2)14(3,4)5/h8-9H,6-7H2,1-5H3. The van der Waals surface area contributed by atoms with Crippen molar-refractivity contribution < 1.29 is 4.39 Å². The molecule has 0 saturated heterocycles. The van der Waals surface area contributed by atoms with Crippen molar-refractivity contribution in [2.75, 3.05) is 0 Å². The Morgan fingerprint density at radius 2 is 1.80 bits per heavy atom. The molecule has 0 aromatic heterocycles. The summed E-state index contributed by atoms with van der Waals surface area (Å²) in [5, 5.41) is 0. The second-order valence-electron chi connectivity index (χ2n) is 5.21. The molecule has 1 rings (SSSR count). The molecule has 1 aromatic rings. The molecule has 0 fully saturated rings. The van der Waals surface area contributed by atoms with Gasteiger partial charge in [-0.2, -0.15) is 0 Å². The molecule has 0 unspecified atom stereocenters. The van der Waals surface area contributed by atoms with Gasteiger partial charge in [0.05, 0.1) is 0 Å². The molecule has 0 aliphatic carbocycles. The van der Waals surface area contributed by atoms with E-state index < -0.39 is 0 Å². The number of hydrogen-bond acceptors (Lipinski definition) is 0. The van der Waals surface area contributed by atoms with Gasteiger partial charge in [0.25, 0.3) is 0 Å². The summed E-state index contributed by atoms with van der Waals surface area (Å²) < 4.78 is 13.8. The zero-order chi connectivity index (χ0) is 11.6. The van der Waals surface area contributed by atoms with Crippen LogP contribution >= 0.6 is 0 Å². The lowest BCUT2D eigenvalue weighted by molar-refractivity contribution is 0.517. The van der Waals surface area contributed by atoms with Gasteiger partial charge in [-0.1, -0.05) is 40.2 Å². The highest BCUT2D eigenvalue weighted by Crippen LogP contribution is 2.30. The average molecular weight is 208 g/mol. The Morgan fingerprint density at radius 1 is 1.20 bits per heavy atom. The molecular weight excluding hydrogens is 187 g/mol. The van der Waals surface area contributed by atoms with Crippen molar-refractivity contribution in [3.8, 4) is 0 Å². The average Bonchev–Trinajstić information content (AvgIpc) is 2.08. The summed E-state index contributed by atoms with van der Waals surface area (Å²) in [6, 6.07) is 3.53. The zero-order valence-electron chi connectivity index (χ0n) is 10.4. The van der Waals surface area contributed by atoms with Gasteiger partial charge in [-0.05, 0) is 41.5 Å². The number of aryl methyl sites for hydroxylation is 1. The van der Waals surface area contributed by atoms with Crippen LogP contribution in [0.15, 0.2) is 12.1 Å². The number of benzene rings is 1. The number of rotatable bonds is 2. The SMILES string of the molecule is CCCc1ccc(F)c(C(C)(C)C)c1C. The van der Waals surface area contributed by atoms with E-state index in [1.165, 1.54) is 5.56 Å². The van der Waals surface area contributed by atoms with Crippen molar-refractivity contribution in [1.29, 1.82) is 0 Å². The molecule has 0 bridgehead atoms. The molecular formula is C14H21F. The van der Waals surface area contributed by atoms with Gasteiger partial charge in [0.15, 0.2) is 0 Å². The zero-order valence-corrected chi connectivity index (χ0v) is 10.4. The van der Waals surface area contributed by atoms with Crippen LogP contribution < -0.4 is 0 Å². The van der Waals surface area contributed by atoms with Crippen molar-refractivity contribution in [3.05, 3.63) is 34.6 Å². The third kappa shape index (κ3) is 2.58. The molecule has 1 aromatic carbocycles. The lowest BCUT2D eigenvalue weighted by Gasteiger charge is -2.24. The topological polar surface area (TPSA) is 0 Å². The maximum absolute atomic E-state index is 13.8. The van der Waals surface area contributed by atoms with E-state index in [2.05, 4.69) is 27.7 Å². The van der Waals surface area contributed by atoms with E-state index in [1.54, 1.807) is 6.07 Å².